The van der Waals surface area contributed by atoms with Crippen LogP contribution in [-0.4, -0.2) is 28.7 Å². The van der Waals surface area contributed by atoms with Gasteiger partial charge in [-0.2, -0.15) is 0 Å². The number of nitrogens with zero attached hydrogens (tertiary/aromatic N) is 2. The van der Waals surface area contributed by atoms with Gasteiger partial charge in [0.1, 0.15) is 5.69 Å². The summed E-state index contributed by atoms with van der Waals surface area (Å²) in [6.07, 6.45) is 1.66. The van der Waals surface area contributed by atoms with Crippen LogP contribution in [0.25, 0.3) is 11.1 Å². The lowest BCUT2D eigenvalue weighted by atomic mass is 10.0. The molecule has 0 aliphatic rings. The SMILES string of the molecule is CCOC(C)CNc1cc(-c2cc(C)c(=O)n(C)c2)ccc1[N+](=O)[O-]. The lowest BCUT2D eigenvalue weighted by molar-refractivity contribution is -0.383. The molecule has 1 N–H and O–H groups in total. The zero-order valence-corrected chi connectivity index (χ0v) is 14.9. The van der Waals surface area contributed by atoms with Crippen molar-refractivity contribution >= 4 is 11.4 Å². The summed E-state index contributed by atoms with van der Waals surface area (Å²) >= 11 is 0. The van der Waals surface area contributed by atoms with Crippen LogP contribution in [0.2, 0.25) is 0 Å². The highest BCUT2D eigenvalue weighted by atomic mass is 16.6. The molecule has 7 heteroatoms. The maximum Gasteiger partial charge on any atom is 0.292 e. The first-order chi connectivity index (χ1) is 11.8. The molecule has 0 aliphatic heterocycles. The molecule has 1 aromatic heterocycles. The minimum atomic E-state index is -0.413. The monoisotopic (exact) mass is 345 g/mol. The van der Waals surface area contributed by atoms with Crippen LogP contribution in [-0.2, 0) is 11.8 Å². The van der Waals surface area contributed by atoms with E-state index < -0.39 is 4.92 Å². The average Bonchev–Trinajstić information content (AvgIpc) is 2.57. The molecule has 0 fully saturated rings. The van der Waals surface area contributed by atoms with Crippen molar-refractivity contribution in [1.82, 2.24) is 4.57 Å². The standard InChI is InChI=1S/C18H23N3O4/c1-5-25-13(3)10-19-16-9-14(6-7-17(16)21(23)24)15-8-12(2)18(22)20(4)11-15/h6-9,11,13,19H,5,10H2,1-4H3. The largest absolute Gasteiger partial charge is 0.377 e. The van der Waals surface area contributed by atoms with Gasteiger partial charge in [0.25, 0.3) is 11.2 Å². The second-order valence-corrected chi connectivity index (χ2v) is 5.96. The third-order valence-corrected chi connectivity index (χ3v) is 3.92. The number of nitro benzene ring substituents is 1. The number of ether oxygens (including phenoxy) is 1. The van der Waals surface area contributed by atoms with Crippen LogP contribution in [0.15, 0.2) is 35.3 Å². The lowest BCUT2D eigenvalue weighted by Crippen LogP contribution is -2.20. The third kappa shape index (κ3) is 4.45. The molecule has 1 aromatic carbocycles. The minimum absolute atomic E-state index is 0.00832. The average molecular weight is 345 g/mol. The fourth-order valence-corrected chi connectivity index (χ4v) is 2.65. The number of aryl methyl sites for hydroxylation is 2. The van der Waals surface area contributed by atoms with Gasteiger partial charge in [0.15, 0.2) is 0 Å². The van der Waals surface area contributed by atoms with Crippen LogP contribution in [0.4, 0.5) is 11.4 Å². The van der Waals surface area contributed by atoms with Crippen molar-refractivity contribution in [3.05, 3.63) is 56.5 Å². The third-order valence-electron chi connectivity index (χ3n) is 3.92. The van der Waals surface area contributed by atoms with E-state index in [1.165, 1.54) is 10.6 Å². The summed E-state index contributed by atoms with van der Waals surface area (Å²) in [4.78, 5) is 22.7. The molecular formula is C18H23N3O4. The molecule has 1 atom stereocenters. The Labute approximate surface area is 146 Å². The van der Waals surface area contributed by atoms with Crippen LogP contribution in [0, 0.1) is 17.0 Å². The molecule has 1 heterocycles. The van der Waals surface area contributed by atoms with Crippen LogP contribution < -0.4 is 10.9 Å². The van der Waals surface area contributed by atoms with E-state index in [4.69, 9.17) is 4.74 Å². The molecule has 7 nitrogen and oxygen atoms in total. The van der Waals surface area contributed by atoms with Crippen molar-refractivity contribution in [2.75, 3.05) is 18.5 Å². The summed E-state index contributed by atoms with van der Waals surface area (Å²) in [5, 5.41) is 14.4. The van der Waals surface area contributed by atoms with Crippen LogP contribution in [0.1, 0.15) is 19.4 Å². The molecule has 0 radical (unpaired) electrons. The topological polar surface area (TPSA) is 86.4 Å². The Balaban J connectivity index is 2.39. The molecule has 1 unspecified atom stereocenters. The van der Waals surface area contributed by atoms with Gasteiger partial charge in [0.2, 0.25) is 0 Å². The van der Waals surface area contributed by atoms with E-state index in [0.29, 0.717) is 24.4 Å². The number of hydrogen-bond donors (Lipinski definition) is 1. The Kier molecular flexibility index (Phi) is 5.93. The van der Waals surface area contributed by atoms with E-state index in [1.54, 1.807) is 38.4 Å². The molecule has 134 valence electrons. The quantitative estimate of drug-likeness (QED) is 0.615. The van der Waals surface area contributed by atoms with Crippen molar-refractivity contribution in [3.63, 3.8) is 0 Å². The van der Waals surface area contributed by atoms with E-state index in [2.05, 4.69) is 5.32 Å². The van der Waals surface area contributed by atoms with Gasteiger partial charge in [-0.15, -0.1) is 0 Å². The maximum absolute atomic E-state index is 11.8. The second-order valence-electron chi connectivity index (χ2n) is 5.96. The predicted octanol–water partition coefficient (Wildman–Crippen LogP) is 3.11. The lowest BCUT2D eigenvalue weighted by Gasteiger charge is -2.15. The number of nitro groups is 1. The molecule has 0 aliphatic carbocycles. The van der Waals surface area contributed by atoms with Crippen LogP contribution in [0.5, 0.6) is 0 Å². The molecule has 0 spiro atoms. The Bertz CT molecular complexity index is 803. The normalized spacial score (nSPS) is 12.0. The van der Waals surface area contributed by atoms with E-state index in [9.17, 15) is 14.9 Å². The van der Waals surface area contributed by atoms with Gasteiger partial charge >= 0.3 is 0 Å². The summed E-state index contributed by atoms with van der Waals surface area (Å²) in [6.45, 7) is 6.61. The van der Waals surface area contributed by atoms with Gasteiger partial charge in [0, 0.05) is 38.0 Å². The first kappa shape index (κ1) is 18.7. The van der Waals surface area contributed by atoms with Gasteiger partial charge in [-0.1, -0.05) is 0 Å². The van der Waals surface area contributed by atoms with Crippen molar-refractivity contribution in [3.8, 4) is 11.1 Å². The van der Waals surface area contributed by atoms with E-state index in [-0.39, 0.29) is 17.4 Å². The summed E-state index contributed by atoms with van der Waals surface area (Å²) in [5.74, 6) is 0. The summed E-state index contributed by atoms with van der Waals surface area (Å²) in [6, 6.07) is 6.68. The Morgan fingerprint density at radius 2 is 2.04 bits per heavy atom. The Morgan fingerprint density at radius 1 is 1.32 bits per heavy atom. The van der Waals surface area contributed by atoms with Gasteiger partial charge in [-0.25, -0.2) is 0 Å². The highest BCUT2D eigenvalue weighted by molar-refractivity contribution is 5.74. The number of benzene rings is 1. The van der Waals surface area contributed by atoms with Gasteiger partial charge < -0.3 is 14.6 Å². The number of pyridine rings is 1. The summed E-state index contributed by atoms with van der Waals surface area (Å²) in [7, 11) is 1.69. The highest BCUT2D eigenvalue weighted by Gasteiger charge is 2.16. The number of nitrogens with one attached hydrogen (secondary N) is 1. The minimum Gasteiger partial charge on any atom is -0.377 e. The molecular weight excluding hydrogens is 322 g/mol. The van der Waals surface area contributed by atoms with Gasteiger partial charge in [-0.05, 0) is 50.1 Å². The van der Waals surface area contributed by atoms with E-state index >= 15 is 0 Å². The Morgan fingerprint density at radius 3 is 2.64 bits per heavy atom. The molecule has 25 heavy (non-hydrogen) atoms. The summed E-state index contributed by atoms with van der Waals surface area (Å²) < 4.78 is 6.96. The molecule has 0 bridgehead atoms. The molecule has 0 saturated heterocycles. The van der Waals surface area contributed by atoms with Gasteiger partial charge in [-0.3, -0.25) is 14.9 Å². The highest BCUT2D eigenvalue weighted by Crippen LogP contribution is 2.30. The van der Waals surface area contributed by atoms with E-state index in [1.807, 2.05) is 13.8 Å². The van der Waals surface area contributed by atoms with Crippen molar-refractivity contribution < 1.29 is 9.66 Å². The number of anilines is 1. The first-order valence-electron chi connectivity index (χ1n) is 8.15. The fraction of sp³-hybridized carbons (Fsp3) is 0.389. The number of hydrogen-bond acceptors (Lipinski definition) is 5. The molecule has 0 amide bonds. The fourth-order valence-electron chi connectivity index (χ4n) is 2.65. The molecule has 2 aromatic rings. The second kappa shape index (κ2) is 7.94. The van der Waals surface area contributed by atoms with Crippen molar-refractivity contribution in [2.45, 2.75) is 26.9 Å². The number of rotatable bonds is 7. The zero-order valence-electron chi connectivity index (χ0n) is 14.9. The van der Waals surface area contributed by atoms with Crippen LogP contribution >= 0.6 is 0 Å². The molecule has 0 saturated carbocycles. The summed E-state index contributed by atoms with van der Waals surface area (Å²) in [5.41, 5.74) is 2.63. The zero-order chi connectivity index (χ0) is 18.6. The van der Waals surface area contributed by atoms with E-state index in [0.717, 1.165) is 11.1 Å². The molecule has 2 rings (SSSR count). The van der Waals surface area contributed by atoms with Gasteiger partial charge in [0.05, 0.1) is 11.0 Å². The van der Waals surface area contributed by atoms with Crippen LogP contribution in [0.3, 0.4) is 0 Å². The van der Waals surface area contributed by atoms with Crippen molar-refractivity contribution in [1.29, 1.82) is 0 Å². The predicted molar refractivity (Wildman–Crippen MR) is 98.1 cm³/mol. The Hall–Kier alpha value is -2.67. The first-order valence-corrected chi connectivity index (χ1v) is 8.15. The maximum atomic E-state index is 11.8. The smallest absolute Gasteiger partial charge is 0.292 e. The number of aromatic nitrogens is 1. The van der Waals surface area contributed by atoms with Crippen molar-refractivity contribution in [2.24, 2.45) is 7.05 Å².